The number of halogens is 1. The minimum Gasteiger partial charge on any atom is -0.389 e. The van der Waals surface area contributed by atoms with Gasteiger partial charge in [-0.25, -0.2) is 4.79 Å². The summed E-state index contributed by atoms with van der Waals surface area (Å²) in [5, 5.41) is 14.9. The van der Waals surface area contributed by atoms with Gasteiger partial charge in [-0.1, -0.05) is 18.2 Å². The molecule has 0 aliphatic carbocycles. The van der Waals surface area contributed by atoms with Crippen molar-refractivity contribution in [3.63, 3.8) is 0 Å². The first-order chi connectivity index (χ1) is 9.54. The molecule has 0 fully saturated rings. The minimum absolute atomic E-state index is 0.295. The lowest BCUT2D eigenvalue weighted by Crippen LogP contribution is -2.19. The van der Waals surface area contributed by atoms with Crippen LogP contribution in [0.15, 0.2) is 48.5 Å². The minimum atomic E-state index is -0.510. The van der Waals surface area contributed by atoms with E-state index in [0.717, 1.165) is 14.8 Å². The second-order valence-electron chi connectivity index (χ2n) is 4.39. The van der Waals surface area contributed by atoms with Crippen LogP contribution in [0.5, 0.6) is 0 Å². The van der Waals surface area contributed by atoms with Crippen LogP contribution in [0.25, 0.3) is 0 Å². The average Bonchev–Trinajstić information content (AvgIpc) is 2.39. The zero-order valence-corrected chi connectivity index (χ0v) is 13.1. The molecule has 0 saturated heterocycles. The number of hydrogen-bond acceptors (Lipinski definition) is 2. The number of carbonyl (C=O) groups is 1. The monoisotopic (exact) mass is 382 g/mol. The first-order valence-electron chi connectivity index (χ1n) is 6.16. The second-order valence-corrected chi connectivity index (χ2v) is 5.63. The Morgan fingerprint density at radius 3 is 2.35 bits per heavy atom. The lowest BCUT2D eigenvalue weighted by molar-refractivity contribution is 0.199. The predicted molar refractivity (Wildman–Crippen MR) is 88.9 cm³/mol. The number of nitrogens with one attached hydrogen (secondary N) is 2. The molecule has 4 nitrogen and oxygen atoms in total. The molecule has 2 aromatic rings. The summed E-state index contributed by atoms with van der Waals surface area (Å²) in [6.07, 6.45) is -0.510. The fraction of sp³-hybridized carbons (Fsp3) is 0.133. The summed E-state index contributed by atoms with van der Waals surface area (Å²) in [5.41, 5.74) is 2.24. The van der Waals surface area contributed by atoms with E-state index in [2.05, 4.69) is 33.2 Å². The summed E-state index contributed by atoms with van der Waals surface area (Å²) in [6.45, 7) is 1.70. The van der Waals surface area contributed by atoms with Crippen molar-refractivity contribution in [1.29, 1.82) is 0 Å². The summed E-state index contributed by atoms with van der Waals surface area (Å²) >= 11 is 2.19. The number of carbonyl (C=O) groups excluding carboxylic acids is 1. The number of aliphatic hydroxyl groups excluding tert-OH is 1. The van der Waals surface area contributed by atoms with Crippen molar-refractivity contribution in [1.82, 2.24) is 0 Å². The summed E-state index contributed by atoms with van der Waals surface area (Å²) in [6, 6.07) is 14.4. The Kier molecular flexibility index (Phi) is 4.97. The van der Waals surface area contributed by atoms with Crippen molar-refractivity contribution >= 4 is 40.0 Å². The summed E-state index contributed by atoms with van der Waals surface area (Å²) < 4.78 is 1.06. The van der Waals surface area contributed by atoms with Crippen molar-refractivity contribution in [2.24, 2.45) is 0 Å². The molecule has 1 atom stereocenters. The number of aliphatic hydroxyl groups is 1. The van der Waals surface area contributed by atoms with E-state index in [9.17, 15) is 9.90 Å². The number of rotatable bonds is 3. The van der Waals surface area contributed by atoms with Gasteiger partial charge in [0.15, 0.2) is 0 Å². The lowest BCUT2D eigenvalue weighted by Gasteiger charge is -2.09. The topological polar surface area (TPSA) is 61.4 Å². The fourth-order valence-electron chi connectivity index (χ4n) is 1.70. The first kappa shape index (κ1) is 14.8. The smallest absolute Gasteiger partial charge is 0.323 e. The van der Waals surface area contributed by atoms with E-state index in [1.807, 2.05) is 24.3 Å². The van der Waals surface area contributed by atoms with Gasteiger partial charge in [0.05, 0.1) is 6.10 Å². The van der Waals surface area contributed by atoms with E-state index >= 15 is 0 Å². The molecule has 2 aromatic carbocycles. The highest BCUT2D eigenvalue weighted by Gasteiger charge is 2.04. The Bertz CT molecular complexity index is 597. The largest absolute Gasteiger partial charge is 0.389 e. The van der Waals surface area contributed by atoms with Crippen molar-refractivity contribution in [3.8, 4) is 0 Å². The average molecular weight is 382 g/mol. The Hall–Kier alpha value is -1.60. The van der Waals surface area contributed by atoms with E-state index in [0.29, 0.717) is 5.69 Å². The Balaban J connectivity index is 1.97. The molecule has 0 aliphatic rings. The molecular formula is C15H15IN2O2. The van der Waals surface area contributed by atoms with Crippen LogP contribution < -0.4 is 10.6 Å². The Morgan fingerprint density at radius 2 is 1.75 bits per heavy atom. The van der Waals surface area contributed by atoms with Gasteiger partial charge in [-0.15, -0.1) is 0 Å². The van der Waals surface area contributed by atoms with Gasteiger partial charge in [-0.2, -0.15) is 0 Å². The molecule has 0 spiro atoms. The van der Waals surface area contributed by atoms with Gasteiger partial charge >= 0.3 is 6.03 Å². The molecule has 0 aromatic heterocycles. The second kappa shape index (κ2) is 6.71. The maximum Gasteiger partial charge on any atom is 0.323 e. The van der Waals surface area contributed by atoms with E-state index < -0.39 is 6.10 Å². The molecule has 0 saturated carbocycles. The van der Waals surface area contributed by atoms with Crippen LogP contribution in [0.4, 0.5) is 16.2 Å². The van der Waals surface area contributed by atoms with Crippen LogP contribution in [0.3, 0.4) is 0 Å². The number of anilines is 2. The van der Waals surface area contributed by atoms with Gasteiger partial charge < -0.3 is 15.7 Å². The number of benzene rings is 2. The van der Waals surface area contributed by atoms with Gasteiger partial charge in [-0.05, 0) is 65.4 Å². The maximum atomic E-state index is 11.8. The van der Waals surface area contributed by atoms with Crippen molar-refractivity contribution < 1.29 is 9.90 Å². The SMILES string of the molecule is CC(O)c1ccc(NC(=O)Nc2cccc(I)c2)cc1. The Labute approximate surface area is 131 Å². The quantitative estimate of drug-likeness (QED) is 0.704. The third-order valence-corrected chi connectivity index (χ3v) is 3.40. The van der Waals surface area contributed by atoms with Gasteiger partial charge in [0, 0.05) is 14.9 Å². The number of hydrogen-bond donors (Lipinski definition) is 3. The standard InChI is InChI=1S/C15H15IN2O2/c1-10(19)11-5-7-13(8-6-11)17-15(20)18-14-4-2-3-12(16)9-14/h2-10,19H,1H3,(H2,17,18,20). The predicted octanol–water partition coefficient (Wildman–Crippen LogP) is 3.99. The summed E-state index contributed by atoms with van der Waals surface area (Å²) in [7, 11) is 0. The van der Waals surface area contributed by atoms with Crippen LogP contribution in [0.2, 0.25) is 0 Å². The van der Waals surface area contributed by atoms with Crippen LogP contribution in [-0.4, -0.2) is 11.1 Å². The number of urea groups is 1. The molecule has 1 unspecified atom stereocenters. The third-order valence-electron chi connectivity index (χ3n) is 2.73. The van der Waals surface area contributed by atoms with E-state index in [-0.39, 0.29) is 6.03 Å². The summed E-state index contributed by atoms with van der Waals surface area (Å²) in [4.78, 5) is 11.8. The van der Waals surface area contributed by atoms with Gasteiger partial charge in [-0.3, -0.25) is 0 Å². The molecule has 0 heterocycles. The van der Waals surface area contributed by atoms with E-state index in [1.165, 1.54) is 0 Å². The highest BCUT2D eigenvalue weighted by atomic mass is 127. The van der Waals surface area contributed by atoms with Crippen LogP contribution in [-0.2, 0) is 0 Å². The normalized spacial score (nSPS) is 11.8. The number of amides is 2. The molecule has 5 heteroatoms. The van der Waals surface area contributed by atoms with Crippen molar-refractivity contribution in [3.05, 3.63) is 57.7 Å². The molecule has 0 bridgehead atoms. The van der Waals surface area contributed by atoms with Crippen LogP contribution >= 0.6 is 22.6 Å². The molecule has 2 amide bonds. The van der Waals surface area contributed by atoms with E-state index in [4.69, 9.17) is 0 Å². The third kappa shape index (κ3) is 4.21. The zero-order chi connectivity index (χ0) is 14.5. The highest BCUT2D eigenvalue weighted by molar-refractivity contribution is 14.1. The zero-order valence-electron chi connectivity index (χ0n) is 10.9. The van der Waals surface area contributed by atoms with Crippen molar-refractivity contribution in [2.45, 2.75) is 13.0 Å². The first-order valence-corrected chi connectivity index (χ1v) is 7.24. The van der Waals surface area contributed by atoms with Crippen LogP contribution in [0.1, 0.15) is 18.6 Å². The molecule has 2 rings (SSSR count). The van der Waals surface area contributed by atoms with Crippen molar-refractivity contribution in [2.75, 3.05) is 10.6 Å². The fourth-order valence-corrected chi connectivity index (χ4v) is 2.25. The molecule has 104 valence electrons. The molecular weight excluding hydrogens is 367 g/mol. The Morgan fingerprint density at radius 1 is 1.10 bits per heavy atom. The van der Waals surface area contributed by atoms with Gasteiger partial charge in [0.25, 0.3) is 0 Å². The van der Waals surface area contributed by atoms with Gasteiger partial charge in [0.2, 0.25) is 0 Å². The molecule has 20 heavy (non-hydrogen) atoms. The van der Waals surface area contributed by atoms with Gasteiger partial charge in [0.1, 0.15) is 0 Å². The highest BCUT2D eigenvalue weighted by Crippen LogP contribution is 2.16. The summed E-state index contributed by atoms with van der Waals surface area (Å²) in [5.74, 6) is 0. The maximum absolute atomic E-state index is 11.8. The molecule has 0 aliphatic heterocycles. The van der Waals surface area contributed by atoms with Crippen LogP contribution in [0, 0.1) is 3.57 Å². The molecule has 3 N–H and O–H groups in total. The van der Waals surface area contributed by atoms with E-state index in [1.54, 1.807) is 31.2 Å². The lowest BCUT2D eigenvalue weighted by atomic mass is 10.1. The molecule has 0 radical (unpaired) electrons.